The molecule has 0 saturated carbocycles. The third kappa shape index (κ3) is 6.05. The van der Waals surface area contributed by atoms with Gasteiger partial charge in [0.25, 0.3) is 10.1 Å². The summed E-state index contributed by atoms with van der Waals surface area (Å²) in [5, 5.41) is 10.8. The van der Waals surface area contributed by atoms with Crippen molar-refractivity contribution in [2.75, 3.05) is 23.7 Å². The summed E-state index contributed by atoms with van der Waals surface area (Å²) in [4.78, 5) is 7.69. The second-order valence-corrected chi connectivity index (χ2v) is 12.1. The van der Waals surface area contributed by atoms with Gasteiger partial charge in [0, 0.05) is 40.0 Å². The van der Waals surface area contributed by atoms with Gasteiger partial charge >= 0.3 is 0 Å². The Kier molecular flexibility index (Phi) is 7.93. The molecule has 9 heteroatoms. The Morgan fingerprint density at radius 1 is 1.03 bits per heavy atom. The van der Waals surface area contributed by atoms with Crippen molar-refractivity contribution in [2.45, 2.75) is 67.0 Å². The number of aliphatic hydroxyl groups excluding tert-OH is 1. The molecule has 2 saturated heterocycles. The molecule has 2 bridgehead atoms. The minimum atomic E-state index is -3.66. The van der Waals surface area contributed by atoms with Gasteiger partial charge in [-0.05, 0) is 69.4 Å². The van der Waals surface area contributed by atoms with E-state index in [1.54, 1.807) is 0 Å². The predicted molar refractivity (Wildman–Crippen MR) is 134 cm³/mol. The zero-order chi connectivity index (χ0) is 23.6. The maximum Gasteiger partial charge on any atom is 0.264 e. The van der Waals surface area contributed by atoms with Gasteiger partial charge in [0.2, 0.25) is 0 Å². The molecule has 180 valence electrons. The van der Waals surface area contributed by atoms with Gasteiger partial charge in [-0.25, -0.2) is 0 Å². The average molecular weight is 511 g/mol. The fourth-order valence-electron chi connectivity index (χ4n) is 5.07. The number of aliphatic hydroxyl groups is 1. The van der Waals surface area contributed by atoms with E-state index in [4.69, 9.17) is 16.2 Å². The quantitative estimate of drug-likeness (QED) is 0.534. The molecule has 2 aromatic rings. The number of nitrogens with zero attached hydrogens (tertiary/aromatic N) is 2. The highest BCUT2D eigenvalue weighted by molar-refractivity contribution is 7.99. The van der Waals surface area contributed by atoms with E-state index in [9.17, 15) is 13.5 Å². The molecule has 5 rings (SSSR count). The van der Waals surface area contributed by atoms with E-state index >= 15 is 0 Å². The third-order valence-electron chi connectivity index (χ3n) is 6.61. The summed E-state index contributed by atoms with van der Waals surface area (Å²) in [6, 6.07) is 16.0. The summed E-state index contributed by atoms with van der Waals surface area (Å²) in [5.74, 6) is -0.201. The topological polar surface area (TPSA) is 81.1 Å². The molecule has 6 nitrogen and oxygen atoms in total. The van der Waals surface area contributed by atoms with Crippen molar-refractivity contribution < 1.29 is 18.1 Å². The van der Waals surface area contributed by atoms with E-state index in [2.05, 4.69) is 46.2 Å². The van der Waals surface area contributed by atoms with Crippen LogP contribution in [0.1, 0.15) is 39.0 Å². The Labute approximate surface area is 205 Å². The van der Waals surface area contributed by atoms with Crippen LogP contribution in [0.4, 0.5) is 11.4 Å². The first-order chi connectivity index (χ1) is 15.7. The van der Waals surface area contributed by atoms with Crippen LogP contribution in [0.3, 0.4) is 0 Å². The lowest BCUT2D eigenvalue weighted by Crippen LogP contribution is -2.45. The van der Waals surface area contributed by atoms with Crippen LogP contribution in [0.2, 0.25) is 5.02 Å². The highest BCUT2D eigenvalue weighted by atomic mass is 35.5. The Hall–Kier alpha value is -1.29. The smallest absolute Gasteiger partial charge is 0.264 e. The zero-order valence-electron chi connectivity index (χ0n) is 18.7. The summed E-state index contributed by atoms with van der Waals surface area (Å²) >= 11 is 8.15. The molecule has 0 spiro atoms. The summed E-state index contributed by atoms with van der Waals surface area (Å²) in [5.41, 5.74) is 2.51. The molecule has 0 aliphatic carbocycles. The largest absolute Gasteiger partial charge is 0.393 e. The Balaban J connectivity index is 0.000000385. The maximum absolute atomic E-state index is 10.0. The lowest BCUT2D eigenvalue weighted by molar-refractivity contribution is 0.0353. The van der Waals surface area contributed by atoms with Gasteiger partial charge in [-0.3, -0.25) is 9.45 Å². The summed E-state index contributed by atoms with van der Waals surface area (Å²) in [6.45, 7) is 3.47. The monoisotopic (exact) mass is 510 g/mol. The van der Waals surface area contributed by atoms with Crippen molar-refractivity contribution in [2.24, 2.45) is 0 Å². The average Bonchev–Trinajstić information content (AvgIpc) is 3.02. The van der Waals surface area contributed by atoms with E-state index in [1.807, 2.05) is 17.8 Å². The van der Waals surface area contributed by atoms with Crippen molar-refractivity contribution in [3.8, 4) is 0 Å². The van der Waals surface area contributed by atoms with Crippen molar-refractivity contribution >= 4 is 44.9 Å². The minimum Gasteiger partial charge on any atom is -0.393 e. The van der Waals surface area contributed by atoms with Gasteiger partial charge < -0.3 is 10.0 Å². The molecule has 3 aliphatic rings. The van der Waals surface area contributed by atoms with Gasteiger partial charge in [-0.1, -0.05) is 35.5 Å². The van der Waals surface area contributed by atoms with Crippen LogP contribution in [0, 0.1) is 0 Å². The molecule has 3 heterocycles. The first kappa shape index (κ1) is 24.8. The zero-order valence-corrected chi connectivity index (χ0v) is 21.1. The third-order valence-corrected chi connectivity index (χ3v) is 8.71. The normalized spacial score (nSPS) is 24.0. The van der Waals surface area contributed by atoms with Crippen molar-refractivity contribution in [3.63, 3.8) is 0 Å². The highest BCUT2D eigenvalue weighted by Crippen LogP contribution is 2.48. The Morgan fingerprint density at radius 2 is 1.67 bits per heavy atom. The molecule has 2 N–H and O–H groups in total. The van der Waals surface area contributed by atoms with E-state index < -0.39 is 10.1 Å². The predicted octanol–water partition coefficient (Wildman–Crippen LogP) is 5.21. The molecule has 2 atom stereocenters. The lowest BCUT2D eigenvalue weighted by Gasteiger charge is -2.38. The Bertz CT molecular complexity index is 1070. The number of hydrogen-bond donors (Lipinski definition) is 2. The van der Waals surface area contributed by atoms with Gasteiger partial charge in [-0.15, -0.1) is 0 Å². The number of hydrogen-bond acceptors (Lipinski definition) is 6. The van der Waals surface area contributed by atoms with E-state index in [0.717, 1.165) is 37.4 Å². The van der Waals surface area contributed by atoms with Crippen molar-refractivity contribution in [1.82, 2.24) is 4.90 Å². The number of para-hydroxylation sites is 1. The SMILES string of the molecule is CCS(=O)(=O)O.OC1C[C@H]2CC[C@H](C1)N2CCCN1c2ccccc2Sc2ccc(Cl)cc21. The number of anilines is 2. The van der Waals surface area contributed by atoms with Gasteiger partial charge in [0.05, 0.1) is 23.2 Å². The van der Waals surface area contributed by atoms with Crippen LogP contribution in [-0.4, -0.2) is 60.0 Å². The van der Waals surface area contributed by atoms with E-state index in [-0.39, 0.29) is 11.9 Å². The number of benzene rings is 2. The molecule has 0 aromatic heterocycles. The molecular formula is C24H31ClN2O4S2. The summed E-state index contributed by atoms with van der Waals surface area (Å²) < 4.78 is 26.9. The molecule has 2 aromatic carbocycles. The van der Waals surface area contributed by atoms with Crippen LogP contribution in [0.15, 0.2) is 52.3 Å². The molecule has 0 amide bonds. The molecule has 3 aliphatic heterocycles. The van der Waals surface area contributed by atoms with E-state index in [1.165, 1.54) is 40.9 Å². The van der Waals surface area contributed by atoms with Crippen LogP contribution in [0.5, 0.6) is 0 Å². The van der Waals surface area contributed by atoms with Gasteiger partial charge in [0.1, 0.15) is 0 Å². The molecule has 0 radical (unpaired) electrons. The standard InChI is InChI=1S/C22H25ClN2OS.C2H6O3S/c23-15-6-9-22-20(12-15)25(19-4-1-2-5-21(19)27-22)11-3-10-24-16-7-8-17(24)14-18(26)13-16;1-2-6(3,4)5/h1-2,4-6,9,12,16-18,26H,3,7-8,10-11,13-14H2;2H2,1H3,(H,3,4,5)/t16-,17-;/m1./s1. The minimum absolute atomic E-state index is 0.0845. The molecular weight excluding hydrogens is 480 g/mol. The van der Waals surface area contributed by atoms with Crippen LogP contribution in [0.25, 0.3) is 0 Å². The van der Waals surface area contributed by atoms with Gasteiger partial charge in [0.15, 0.2) is 0 Å². The molecule has 0 unspecified atom stereocenters. The molecule has 2 fully saturated rings. The maximum atomic E-state index is 10.0. The lowest BCUT2D eigenvalue weighted by atomic mass is 10.00. The van der Waals surface area contributed by atoms with Crippen molar-refractivity contribution in [3.05, 3.63) is 47.5 Å². The number of rotatable bonds is 5. The van der Waals surface area contributed by atoms with Crippen LogP contribution in [-0.2, 0) is 10.1 Å². The fourth-order valence-corrected chi connectivity index (χ4v) is 6.31. The Morgan fingerprint density at radius 3 is 2.33 bits per heavy atom. The van der Waals surface area contributed by atoms with Crippen LogP contribution < -0.4 is 4.90 Å². The number of piperidine rings is 1. The van der Waals surface area contributed by atoms with Crippen LogP contribution >= 0.6 is 23.4 Å². The molecule has 33 heavy (non-hydrogen) atoms. The van der Waals surface area contributed by atoms with Gasteiger partial charge in [-0.2, -0.15) is 8.42 Å². The summed E-state index contributed by atoms with van der Waals surface area (Å²) in [6.07, 6.45) is 5.45. The summed E-state index contributed by atoms with van der Waals surface area (Å²) in [7, 11) is -3.66. The van der Waals surface area contributed by atoms with Crippen molar-refractivity contribution in [1.29, 1.82) is 0 Å². The number of fused-ring (bicyclic) bond motifs is 4. The second-order valence-electron chi connectivity index (χ2n) is 8.81. The second kappa shape index (κ2) is 10.5. The fraction of sp³-hybridized carbons (Fsp3) is 0.500. The highest BCUT2D eigenvalue weighted by Gasteiger charge is 2.39. The number of halogens is 1. The van der Waals surface area contributed by atoms with E-state index in [0.29, 0.717) is 12.1 Å². The first-order valence-corrected chi connectivity index (χ1v) is 14.3. The first-order valence-electron chi connectivity index (χ1n) is 11.5.